The van der Waals surface area contributed by atoms with Crippen molar-refractivity contribution in [1.29, 1.82) is 0 Å². The number of nitrogens with zero attached hydrogens (tertiary/aromatic N) is 9. The van der Waals surface area contributed by atoms with Gasteiger partial charge in [0.05, 0.1) is 66.7 Å². The Morgan fingerprint density at radius 1 is 0.197 bits per heavy atom. The molecule has 147 heavy (non-hydrogen) atoms. The predicted molar refractivity (Wildman–Crippen MR) is 623 cm³/mol. The number of para-hydroxylation sites is 6. The molecule has 0 unspecified atom stereocenters. The highest BCUT2D eigenvalue weighted by Gasteiger charge is 2.37. The zero-order chi connectivity index (χ0) is 96.8. The summed E-state index contributed by atoms with van der Waals surface area (Å²) in [5.41, 5.74) is 27.8. The van der Waals surface area contributed by atoms with E-state index in [1.165, 1.54) is 175 Å². The molecule has 32 rings (SSSR count). The molecular weight excluding hydrogens is 1840 g/mol. The first-order valence-corrected chi connectivity index (χ1v) is 52.4. The highest BCUT2D eigenvalue weighted by atomic mass is 32.1. The van der Waals surface area contributed by atoms with Crippen molar-refractivity contribution in [3.05, 3.63) is 478 Å². The fraction of sp³-hybridized carbons (Fsp3) is 0.0222. The third-order valence-corrected chi connectivity index (χ3v) is 34.0. The Morgan fingerprint density at radius 3 is 0.966 bits per heavy atom. The van der Waals surface area contributed by atoms with E-state index in [4.69, 9.17) is 29.9 Å². The van der Waals surface area contributed by atoms with Crippen LogP contribution >= 0.6 is 34.0 Å². The van der Waals surface area contributed by atoms with E-state index >= 15 is 0 Å². The van der Waals surface area contributed by atoms with Crippen molar-refractivity contribution in [2.45, 2.75) is 19.3 Å². The first-order valence-electron chi connectivity index (χ1n) is 49.9. The molecule has 0 N–H and O–H groups in total. The van der Waals surface area contributed by atoms with Crippen LogP contribution < -0.4 is 0 Å². The van der Waals surface area contributed by atoms with Gasteiger partial charge in [0, 0.05) is 159 Å². The van der Waals surface area contributed by atoms with Crippen LogP contribution in [0, 0.1) is 0 Å². The number of benzene rings is 22. The summed E-state index contributed by atoms with van der Waals surface area (Å²) in [6.07, 6.45) is 0. The Labute approximate surface area is 855 Å². The van der Waals surface area contributed by atoms with Gasteiger partial charge in [0.2, 0.25) is 11.9 Å². The van der Waals surface area contributed by atoms with Crippen molar-refractivity contribution in [1.82, 2.24) is 43.6 Å². The van der Waals surface area contributed by atoms with Gasteiger partial charge in [-0.1, -0.05) is 378 Å². The van der Waals surface area contributed by atoms with E-state index in [1.54, 1.807) is 0 Å². The van der Waals surface area contributed by atoms with E-state index in [-0.39, 0.29) is 5.41 Å². The average molecular weight is 1930 g/mol. The van der Waals surface area contributed by atoms with Gasteiger partial charge < -0.3 is 4.57 Å². The molecule has 0 atom stereocenters. The molecule has 31 aromatic rings. The normalized spacial score (nSPS) is 12.5. The summed E-state index contributed by atoms with van der Waals surface area (Å²) < 4.78 is 14.9. The first kappa shape index (κ1) is 84.4. The highest BCUT2D eigenvalue weighted by molar-refractivity contribution is 7.28. The van der Waals surface area contributed by atoms with Gasteiger partial charge in [-0.05, 0) is 164 Å². The monoisotopic (exact) mass is 1930 g/mol. The summed E-state index contributed by atoms with van der Waals surface area (Å²) in [6, 6.07) is 167. The van der Waals surface area contributed by atoms with Crippen LogP contribution in [0.3, 0.4) is 0 Å². The SMILES string of the molecule is CC1(C)c2ccccc2-c2ccc(-c3nc(-n4c5ccccc5c5c6ccccc6c6sc7ccccc7c6c54)nc4ccccc34)cc21.c1ccc(-c2cc(-c3ccccc3)cc(-c3nc(-n4c5ccccc5c5c6ccccc6c6sc7ccccc7c6c54)nc4ccccc34)c2)cc1.c1ccc(-c2nc(-c3ccc(-n4c5ccccc5c5c6ccccc6c6sc7ccccc7c6c54)cc3)nc3ccccc23)cc1. The molecule has 0 aliphatic heterocycles. The summed E-state index contributed by atoms with van der Waals surface area (Å²) >= 11 is 5.63. The highest BCUT2D eigenvalue weighted by Crippen LogP contribution is 2.55. The maximum absolute atomic E-state index is 5.59. The van der Waals surface area contributed by atoms with Gasteiger partial charge in [-0.2, -0.15) is 0 Å². The quantitative estimate of drug-likeness (QED) is 0.143. The lowest BCUT2D eigenvalue weighted by Gasteiger charge is -2.22. The summed E-state index contributed by atoms with van der Waals surface area (Å²) in [6.45, 7) is 4.67. The van der Waals surface area contributed by atoms with Crippen LogP contribution in [-0.4, -0.2) is 43.6 Å². The minimum absolute atomic E-state index is 0.104. The lowest BCUT2D eigenvalue weighted by atomic mass is 9.82. The van der Waals surface area contributed by atoms with Crippen LogP contribution in [0.25, 0.3) is 287 Å². The van der Waals surface area contributed by atoms with Crippen LogP contribution in [-0.2, 0) is 5.41 Å². The molecule has 0 saturated carbocycles. The molecule has 12 heteroatoms. The predicted octanol–water partition coefficient (Wildman–Crippen LogP) is 37.1. The second-order valence-electron chi connectivity index (χ2n) is 38.8. The van der Waals surface area contributed by atoms with Crippen molar-refractivity contribution >= 4 is 225 Å². The zero-order valence-electron chi connectivity index (χ0n) is 79.7. The molecule has 0 fully saturated rings. The molecular formula is C135H83N9S3. The second kappa shape index (κ2) is 33.4. The maximum atomic E-state index is 5.59. The third kappa shape index (κ3) is 13.2. The Bertz CT molecular complexity index is 10900. The van der Waals surface area contributed by atoms with Crippen molar-refractivity contribution in [3.8, 4) is 96.1 Å². The van der Waals surface area contributed by atoms with Gasteiger partial charge >= 0.3 is 0 Å². The first-order chi connectivity index (χ1) is 72.7. The average Bonchev–Trinajstić information content (AvgIpc) is 1.53. The van der Waals surface area contributed by atoms with E-state index in [0.717, 1.165) is 111 Å². The summed E-state index contributed by atoms with van der Waals surface area (Å²) in [5, 5.41) is 25.9. The van der Waals surface area contributed by atoms with Crippen LogP contribution in [0.15, 0.2) is 467 Å². The lowest BCUT2D eigenvalue weighted by Crippen LogP contribution is -2.15. The van der Waals surface area contributed by atoms with E-state index in [1.807, 2.05) is 46.1 Å². The molecule has 9 heterocycles. The number of fused-ring (bicyclic) bond motifs is 36. The number of hydrogen-bond acceptors (Lipinski definition) is 9. The number of aromatic nitrogens is 9. The van der Waals surface area contributed by atoms with Gasteiger partial charge in [-0.25, -0.2) is 29.9 Å². The molecule has 0 bridgehead atoms. The van der Waals surface area contributed by atoms with E-state index < -0.39 is 0 Å². The molecule has 22 aromatic carbocycles. The van der Waals surface area contributed by atoms with Gasteiger partial charge in [-0.15, -0.1) is 34.0 Å². The topological polar surface area (TPSA) is 92.1 Å². The van der Waals surface area contributed by atoms with E-state index in [0.29, 0.717) is 11.9 Å². The molecule has 1 aliphatic rings. The molecule has 9 nitrogen and oxygen atoms in total. The van der Waals surface area contributed by atoms with Crippen molar-refractivity contribution < 1.29 is 0 Å². The smallest absolute Gasteiger partial charge is 0.235 e. The van der Waals surface area contributed by atoms with Gasteiger partial charge in [0.15, 0.2) is 5.82 Å². The Balaban J connectivity index is 0.000000102. The second-order valence-corrected chi connectivity index (χ2v) is 42.0. The Hall–Kier alpha value is -18.3. The van der Waals surface area contributed by atoms with Gasteiger partial charge in [0.1, 0.15) is 0 Å². The van der Waals surface area contributed by atoms with Crippen LogP contribution in [0.1, 0.15) is 25.0 Å². The fourth-order valence-corrected chi connectivity index (χ4v) is 27.5. The lowest BCUT2D eigenvalue weighted by molar-refractivity contribution is 0.660. The molecule has 9 aromatic heterocycles. The summed E-state index contributed by atoms with van der Waals surface area (Å²) in [5.74, 6) is 2.08. The van der Waals surface area contributed by atoms with Gasteiger partial charge in [-0.3, -0.25) is 9.13 Å². The summed E-state index contributed by atoms with van der Waals surface area (Å²) in [4.78, 5) is 32.0. The van der Waals surface area contributed by atoms with Crippen molar-refractivity contribution in [2.24, 2.45) is 0 Å². The minimum atomic E-state index is -0.104. The Kier molecular flexibility index (Phi) is 19.2. The largest absolute Gasteiger partial charge is 0.309 e. The van der Waals surface area contributed by atoms with Crippen LogP contribution in [0.5, 0.6) is 0 Å². The molecule has 1 aliphatic carbocycles. The number of hydrogen-bond donors (Lipinski definition) is 0. The number of rotatable bonds is 9. The molecule has 0 spiro atoms. The fourth-order valence-electron chi connectivity index (χ4n) is 23.8. The van der Waals surface area contributed by atoms with E-state index in [9.17, 15) is 0 Å². The Morgan fingerprint density at radius 2 is 0.517 bits per heavy atom. The summed E-state index contributed by atoms with van der Waals surface area (Å²) in [7, 11) is 0. The molecule has 686 valence electrons. The molecule has 0 radical (unpaired) electrons. The van der Waals surface area contributed by atoms with E-state index in [2.05, 4.69) is 483 Å². The van der Waals surface area contributed by atoms with Crippen molar-refractivity contribution in [2.75, 3.05) is 0 Å². The van der Waals surface area contributed by atoms with Crippen LogP contribution in [0.4, 0.5) is 0 Å². The number of thiophene rings is 3. The third-order valence-electron chi connectivity index (χ3n) is 30.3. The van der Waals surface area contributed by atoms with Crippen molar-refractivity contribution in [3.63, 3.8) is 0 Å². The standard InChI is InChI=1S/C48H29N3S.C45H29N3S.C42H25N3S/c1-3-15-30(16-4-1)32-27-33(31-17-5-2-6-18-31)29-34(28-32)45-37-21-9-12-24-40(37)49-48(50-45)51-41-25-13-10-22-38(41)43-35-19-7-8-20-36(35)47-44(46(43)51)39-23-11-14-26-42(39)52-47;1-45(2)34-19-9-5-13-27(34)28-24-23-26(25-35(28)45)41-31-16-6-10-20-36(31)46-44(47-41)48-37-21-11-7-17-32(37)39-29-14-3-4-15-30(29)43-40(42(39)48)33-18-8-12-22-38(33)49-43;1-2-12-26(13-3-1)39-31-16-6-9-19-34(31)43-42(44-39)27-22-24-28(25-23-27)45-35-20-10-7-17-32(35)37-29-14-4-5-15-30(29)41-38(40(37)45)33-18-8-11-21-36(33)46-41/h1-29H;3-25H,1-2H3;1-25H. The molecule has 0 saturated heterocycles. The van der Waals surface area contributed by atoms with Crippen LogP contribution in [0.2, 0.25) is 0 Å². The maximum Gasteiger partial charge on any atom is 0.235 e. The minimum Gasteiger partial charge on any atom is -0.309 e. The van der Waals surface area contributed by atoms with Gasteiger partial charge in [0.25, 0.3) is 0 Å². The zero-order valence-corrected chi connectivity index (χ0v) is 82.2. The molecule has 0 amide bonds.